The lowest BCUT2D eigenvalue weighted by molar-refractivity contribution is 0.0981. The summed E-state index contributed by atoms with van der Waals surface area (Å²) in [5, 5.41) is 0.980. The zero-order chi connectivity index (χ0) is 20.8. The first-order chi connectivity index (χ1) is 13.6. The Bertz CT molecular complexity index is 1200. The molecule has 0 bridgehead atoms. The first-order valence-electron chi connectivity index (χ1n) is 9.28. The van der Waals surface area contributed by atoms with Gasteiger partial charge < -0.3 is 4.90 Å². The highest BCUT2D eigenvalue weighted by molar-refractivity contribution is 7.89. The molecule has 0 unspecified atom stereocenters. The van der Waals surface area contributed by atoms with E-state index in [4.69, 9.17) is 0 Å². The standard InChI is InChI=1S/C21H22N4O3S/c1-21(2)8-9-25(21)16-10-17-18(12-22-13-19(17)23-11-16)14-4-6-15(7-5-14)20(26)24-29(3,27)28/h4-7,10-13H,8-9H2,1-3H3,(H,24,26). The maximum absolute atomic E-state index is 12.0. The summed E-state index contributed by atoms with van der Waals surface area (Å²) < 4.78 is 24.5. The second-order valence-corrected chi connectivity index (χ2v) is 9.69. The summed E-state index contributed by atoms with van der Waals surface area (Å²) in [6, 6.07) is 8.90. The minimum atomic E-state index is -3.60. The number of aromatic nitrogens is 2. The molecule has 1 aromatic carbocycles. The number of nitrogens with zero attached hydrogens (tertiary/aromatic N) is 3. The molecule has 7 nitrogen and oxygen atoms in total. The van der Waals surface area contributed by atoms with Crippen molar-refractivity contribution in [3.8, 4) is 11.1 Å². The fourth-order valence-corrected chi connectivity index (χ4v) is 4.05. The molecule has 0 spiro atoms. The van der Waals surface area contributed by atoms with Gasteiger partial charge in [-0.2, -0.15) is 0 Å². The number of carbonyl (C=O) groups excluding carboxylic acids is 1. The SMILES string of the molecule is CC1(C)CCN1c1cnc2cncc(-c3ccc(C(=O)NS(C)(=O)=O)cc3)c2c1. The second kappa shape index (κ2) is 6.81. The molecule has 3 aromatic rings. The fourth-order valence-electron chi connectivity index (χ4n) is 3.59. The molecule has 1 N–H and O–H groups in total. The van der Waals surface area contributed by atoms with Crippen molar-refractivity contribution in [1.82, 2.24) is 14.7 Å². The zero-order valence-electron chi connectivity index (χ0n) is 16.5. The molecule has 29 heavy (non-hydrogen) atoms. The number of nitrogens with one attached hydrogen (secondary N) is 1. The van der Waals surface area contributed by atoms with E-state index in [0.29, 0.717) is 0 Å². The van der Waals surface area contributed by atoms with Crippen LogP contribution in [0, 0.1) is 0 Å². The van der Waals surface area contributed by atoms with Gasteiger partial charge in [0.1, 0.15) is 0 Å². The number of hydrogen-bond acceptors (Lipinski definition) is 6. The van der Waals surface area contributed by atoms with E-state index in [9.17, 15) is 13.2 Å². The van der Waals surface area contributed by atoms with Gasteiger partial charge in [0.2, 0.25) is 10.0 Å². The normalized spacial score (nSPS) is 15.8. The zero-order valence-corrected chi connectivity index (χ0v) is 17.3. The predicted molar refractivity (Wildman–Crippen MR) is 113 cm³/mol. The molecule has 1 fully saturated rings. The minimum Gasteiger partial charge on any atom is -0.365 e. The van der Waals surface area contributed by atoms with Crippen LogP contribution >= 0.6 is 0 Å². The molecular formula is C21H22N4O3S. The first-order valence-corrected chi connectivity index (χ1v) is 11.2. The molecule has 1 saturated heterocycles. The van der Waals surface area contributed by atoms with E-state index >= 15 is 0 Å². The van der Waals surface area contributed by atoms with E-state index in [0.717, 1.165) is 46.9 Å². The van der Waals surface area contributed by atoms with Gasteiger partial charge in [-0.15, -0.1) is 0 Å². The number of anilines is 1. The van der Waals surface area contributed by atoms with Gasteiger partial charge in [-0.05, 0) is 44.0 Å². The molecule has 8 heteroatoms. The lowest BCUT2D eigenvalue weighted by atomic mass is 9.88. The lowest BCUT2D eigenvalue weighted by Crippen LogP contribution is -2.56. The average Bonchev–Trinajstić information content (AvgIpc) is 2.65. The molecule has 3 heterocycles. The highest BCUT2D eigenvalue weighted by atomic mass is 32.2. The van der Waals surface area contributed by atoms with Gasteiger partial charge >= 0.3 is 0 Å². The highest BCUT2D eigenvalue weighted by Crippen LogP contribution is 2.37. The van der Waals surface area contributed by atoms with Gasteiger partial charge in [0.15, 0.2) is 0 Å². The Balaban J connectivity index is 1.71. The molecule has 1 amide bonds. The maximum Gasteiger partial charge on any atom is 0.264 e. The summed E-state index contributed by atoms with van der Waals surface area (Å²) >= 11 is 0. The summed E-state index contributed by atoms with van der Waals surface area (Å²) in [6.07, 6.45) is 7.49. The number of hydrogen-bond donors (Lipinski definition) is 1. The van der Waals surface area contributed by atoms with Crippen LogP contribution in [0.3, 0.4) is 0 Å². The van der Waals surface area contributed by atoms with Gasteiger partial charge in [-0.1, -0.05) is 12.1 Å². The molecular weight excluding hydrogens is 388 g/mol. The van der Waals surface area contributed by atoms with Crippen LogP contribution in [0.4, 0.5) is 5.69 Å². The first kappa shape index (κ1) is 19.3. The van der Waals surface area contributed by atoms with Crippen LogP contribution in [-0.4, -0.2) is 42.6 Å². The van der Waals surface area contributed by atoms with Crippen molar-refractivity contribution in [1.29, 1.82) is 0 Å². The molecule has 2 aromatic heterocycles. The van der Waals surface area contributed by atoms with Crippen molar-refractivity contribution < 1.29 is 13.2 Å². The lowest BCUT2D eigenvalue weighted by Gasteiger charge is -2.50. The largest absolute Gasteiger partial charge is 0.365 e. The topological polar surface area (TPSA) is 92.3 Å². The Morgan fingerprint density at radius 2 is 1.86 bits per heavy atom. The third kappa shape index (κ3) is 3.80. The number of sulfonamides is 1. The fraction of sp³-hybridized carbons (Fsp3) is 0.286. The summed E-state index contributed by atoms with van der Waals surface area (Å²) in [5.41, 5.74) is 4.05. The molecule has 4 rings (SSSR count). The average molecular weight is 410 g/mol. The predicted octanol–water partition coefficient (Wildman–Crippen LogP) is 2.97. The van der Waals surface area contributed by atoms with Crippen molar-refractivity contribution in [3.63, 3.8) is 0 Å². The molecule has 1 aliphatic rings. The van der Waals surface area contributed by atoms with E-state index in [-0.39, 0.29) is 11.1 Å². The third-order valence-electron chi connectivity index (χ3n) is 5.32. The Labute approximate surface area is 169 Å². The van der Waals surface area contributed by atoms with E-state index in [2.05, 4.69) is 34.8 Å². The summed E-state index contributed by atoms with van der Waals surface area (Å²) in [7, 11) is -3.60. The van der Waals surface area contributed by atoms with E-state index in [1.54, 1.807) is 36.7 Å². The van der Waals surface area contributed by atoms with Crippen molar-refractivity contribution in [2.24, 2.45) is 0 Å². The maximum atomic E-state index is 12.0. The molecule has 0 saturated carbocycles. The quantitative estimate of drug-likeness (QED) is 0.711. The number of rotatable bonds is 4. The van der Waals surface area contributed by atoms with Gasteiger partial charge in [-0.25, -0.2) is 13.1 Å². The summed E-state index contributed by atoms with van der Waals surface area (Å²) in [4.78, 5) is 23.2. The van der Waals surface area contributed by atoms with Crippen LogP contribution in [0.15, 0.2) is 48.9 Å². The van der Waals surface area contributed by atoms with Crippen molar-refractivity contribution in [2.75, 3.05) is 17.7 Å². The molecule has 150 valence electrons. The van der Waals surface area contributed by atoms with Crippen LogP contribution in [0.1, 0.15) is 30.6 Å². The van der Waals surface area contributed by atoms with Crippen LogP contribution in [0.25, 0.3) is 22.0 Å². The van der Waals surface area contributed by atoms with Crippen molar-refractivity contribution in [3.05, 3.63) is 54.5 Å². The Kier molecular flexibility index (Phi) is 4.53. The number of amides is 1. The summed E-state index contributed by atoms with van der Waals surface area (Å²) in [5.74, 6) is -0.654. The second-order valence-electron chi connectivity index (χ2n) is 7.94. The minimum absolute atomic E-state index is 0.122. The Morgan fingerprint density at radius 1 is 1.14 bits per heavy atom. The molecule has 0 atom stereocenters. The van der Waals surface area contributed by atoms with Gasteiger partial charge in [0.25, 0.3) is 5.91 Å². The van der Waals surface area contributed by atoms with Crippen molar-refractivity contribution >= 4 is 32.5 Å². The molecule has 1 aliphatic heterocycles. The Morgan fingerprint density at radius 3 is 2.45 bits per heavy atom. The smallest absolute Gasteiger partial charge is 0.264 e. The van der Waals surface area contributed by atoms with Crippen LogP contribution in [-0.2, 0) is 10.0 Å². The number of carbonyl (C=O) groups is 1. The van der Waals surface area contributed by atoms with Gasteiger partial charge in [0.05, 0.1) is 29.9 Å². The number of fused-ring (bicyclic) bond motifs is 1. The highest BCUT2D eigenvalue weighted by Gasteiger charge is 2.36. The van der Waals surface area contributed by atoms with Gasteiger partial charge in [-0.3, -0.25) is 14.8 Å². The van der Waals surface area contributed by atoms with Crippen molar-refractivity contribution in [2.45, 2.75) is 25.8 Å². The molecule has 0 radical (unpaired) electrons. The van der Waals surface area contributed by atoms with E-state index in [1.807, 2.05) is 10.9 Å². The monoisotopic (exact) mass is 410 g/mol. The van der Waals surface area contributed by atoms with Crippen LogP contribution in [0.2, 0.25) is 0 Å². The summed E-state index contributed by atoms with van der Waals surface area (Å²) in [6.45, 7) is 5.44. The number of benzene rings is 1. The van der Waals surface area contributed by atoms with Crippen LogP contribution in [0.5, 0.6) is 0 Å². The van der Waals surface area contributed by atoms with Crippen LogP contribution < -0.4 is 9.62 Å². The van der Waals surface area contributed by atoms with E-state index < -0.39 is 15.9 Å². The third-order valence-corrected chi connectivity index (χ3v) is 5.88. The van der Waals surface area contributed by atoms with E-state index in [1.165, 1.54) is 0 Å². The van der Waals surface area contributed by atoms with Gasteiger partial charge in [0, 0.05) is 34.8 Å². The Hall–Kier alpha value is -3.00. The number of pyridine rings is 2. The molecule has 0 aliphatic carbocycles.